The van der Waals surface area contributed by atoms with Crippen molar-refractivity contribution in [3.05, 3.63) is 21.9 Å². The molecule has 0 saturated heterocycles. The predicted molar refractivity (Wildman–Crippen MR) is 54.1 cm³/mol. The molecule has 0 aliphatic heterocycles. The van der Waals surface area contributed by atoms with Gasteiger partial charge in [0.2, 0.25) is 0 Å². The van der Waals surface area contributed by atoms with Crippen LogP contribution < -0.4 is 5.73 Å². The molecular weight excluding hydrogens is 166 g/mol. The minimum absolute atomic E-state index is 0.0937. The van der Waals surface area contributed by atoms with E-state index < -0.39 is 0 Å². The van der Waals surface area contributed by atoms with Crippen LogP contribution >= 0.6 is 11.3 Å². The molecule has 1 heterocycles. The fourth-order valence-electron chi connectivity index (χ4n) is 0.965. The molecule has 0 aromatic carbocycles. The van der Waals surface area contributed by atoms with Crippen LogP contribution in [0.5, 0.6) is 0 Å². The maximum atomic E-state index is 5.90. The lowest BCUT2D eigenvalue weighted by Crippen LogP contribution is -2.06. The molecule has 0 aliphatic carbocycles. The first-order valence-corrected chi connectivity index (χ1v) is 4.77. The number of aryl methyl sites for hydroxylation is 1. The predicted octanol–water partition coefficient (Wildman–Crippen LogP) is 2.47. The second-order valence-electron chi connectivity index (χ2n) is 2.69. The molecule has 0 radical (unpaired) electrons. The van der Waals surface area contributed by atoms with E-state index in [0.717, 1.165) is 6.42 Å². The van der Waals surface area contributed by atoms with Crippen molar-refractivity contribution in [1.82, 2.24) is 0 Å². The van der Waals surface area contributed by atoms with Crippen molar-refractivity contribution < 1.29 is 0 Å². The molecule has 2 heteroatoms. The largest absolute Gasteiger partial charge is 0.322 e. The summed E-state index contributed by atoms with van der Waals surface area (Å²) in [5.74, 6) is 5.84. The number of hydrogen-bond acceptors (Lipinski definition) is 2. The van der Waals surface area contributed by atoms with Gasteiger partial charge < -0.3 is 5.73 Å². The lowest BCUT2D eigenvalue weighted by atomic mass is 10.2. The Labute approximate surface area is 77.6 Å². The summed E-state index contributed by atoms with van der Waals surface area (Å²) >= 11 is 1.75. The van der Waals surface area contributed by atoms with E-state index in [1.54, 1.807) is 11.3 Å². The average molecular weight is 179 g/mol. The van der Waals surface area contributed by atoms with Crippen LogP contribution in [-0.2, 0) is 0 Å². The highest BCUT2D eigenvalue weighted by atomic mass is 32.1. The second-order valence-corrected chi connectivity index (χ2v) is 4.01. The lowest BCUT2D eigenvalue weighted by Gasteiger charge is -2.02. The molecule has 0 spiro atoms. The van der Waals surface area contributed by atoms with Gasteiger partial charge in [0.25, 0.3) is 0 Å². The standard InChI is InChI=1S/C10H13NS/c1-3-4-5-9(11)10-7-6-8(2)12-10/h6-7,9H,5,11H2,1-2H3. The normalized spacial score (nSPS) is 11.9. The summed E-state index contributed by atoms with van der Waals surface area (Å²) in [4.78, 5) is 2.54. The maximum absolute atomic E-state index is 5.90. The average Bonchev–Trinajstić information content (AvgIpc) is 2.47. The van der Waals surface area contributed by atoms with E-state index in [9.17, 15) is 0 Å². The molecule has 1 rings (SSSR count). The minimum Gasteiger partial charge on any atom is -0.322 e. The van der Waals surface area contributed by atoms with E-state index in [1.165, 1.54) is 9.75 Å². The molecule has 12 heavy (non-hydrogen) atoms. The molecule has 0 saturated carbocycles. The van der Waals surface area contributed by atoms with E-state index in [-0.39, 0.29) is 6.04 Å². The van der Waals surface area contributed by atoms with Gasteiger partial charge in [-0.05, 0) is 26.0 Å². The van der Waals surface area contributed by atoms with Gasteiger partial charge in [-0.1, -0.05) is 0 Å². The maximum Gasteiger partial charge on any atom is 0.0500 e. The summed E-state index contributed by atoms with van der Waals surface area (Å²) in [5.41, 5.74) is 5.90. The second kappa shape index (κ2) is 4.30. The van der Waals surface area contributed by atoms with Gasteiger partial charge in [-0.2, -0.15) is 0 Å². The van der Waals surface area contributed by atoms with E-state index in [2.05, 4.69) is 30.9 Å². The molecule has 0 bridgehead atoms. The van der Waals surface area contributed by atoms with Crippen LogP contribution in [0.4, 0.5) is 0 Å². The van der Waals surface area contributed by atoms with Crippen molar-refractivity contribution in [1.29, 1.82) is 0 Å². The monoisotopic (exact) mass is 179 g/mol. The van der Waals surface area contributed by atoms with Crippen LogP contribution in [0, 0.1) is 18.8 Å². The smallest absolute Gasteiger partial charge is 0.0500 e. The van der Waals surface area contributed by atoms with Gasteiger partial charge in [0, 0.05) is 16.2 Å². The van der Waals surface area contributed by atoms with Crippen molar-refractivity contribution in [2.24, 2.45) is 5.73 Å². The first-order chi connectivity index (χ1) is 5.74. The molecule has 1 unspecified atom stereocenters. The van der Waals surface area contributed by atoms with Crippen LogP contribution in [0.2, 0.25) is 0 Å². The minimum atomic E-state index is 0.0937. The van der Waals surface area contributed by atoms with E-state index in [1.807, 2.05) is 6.92 Å². The van der Waals surface area contributed by atoms with Crippen molar-refractivity contribution in [2.75, 3.05) is 0 Å². The summed E-state index contributed by atoms with van der Waals surface area (Å²) in [6, 6.07) is 4.28. The number of nitrogens with two attached hydrogens (primary N) is 1. The Morgan fingerprint density at radius 2 is 2.33 bits per heavy atom. The van der Waals surface area contributed by atoms with Crippen LogP contribution in [0.15, 0.2) is 12.1 Å². The molecule has 0 amide bonds. The van der Waals surface area contributed by atoms with Gasteiger partial charge in [-0.15, -0.1) is 23.2 Å². The Bertz CT molecular complexity index is 303. The highest BCUT2D eigenvalue weighted by Crippen LogP contribution is 2.22. The summed E-state index contributed by atoms with van der Waals surface area (Å²) in [6.07, 6.45) is 0.760. The van der Waals surface area contributed by atoms with Gasteiger partial charge in [0.05, 0.1) is 6.04 Å². The molecule has 2 N–H and O–H groups in total. The number of rotatable bonds is 2. The first kappa shape index (κ1) is 9.31. The Hall–Kier alpha value is -0.780. The van der Waals surface area contributed by atoms with Crippen LogP contribution in [0.3, 0.4) is 0 Å². The van der Waals surface area contributed by atoms with Gasteiger partial charge in [0.15, 0.2) is 0 Å². The molecule has 0 aliphatic rings. The quantitative estimate of drug-likeness (QED) is 0.693. The fourth-order valence-corrected chi connectivity index (χ4v) is 1.84. The SMILES string of the molecule is CC#CCC(N)c1ccc(C)s1. The van der Waals surface area contributed by atoms with Crippen molar-refractivity contribution >= 4 is 11.3 Å². The molecule has 1 atom stereocenters. The third kappa shape index (κ3) is 2.37. The zero-order valence-corrected chi connectivity index (χ0v) is 8.24. The van der Waals surface area contributed by atoms with Crippen molar-refractivity contribution in [2.45, 2.75) is 26.3 Å². The van der Waals surface area contributed by atoms with Crippen LogP contribution in [-0.4, -0.2) is 0 Å². The highest BCUT2D eigenvalue weighted by molar-refractivity contribution is 7.12. The molecule has 1 aromatic rings. The van der Waals surface area contributed by atoms with Gasteiger partial charge in [0.1, 0.15) is 0 Å². The Balaban J connectivity index is 2.62. The van der Waals surface area contributed by atoms with Gasteiger partial charge >= 0.3 is 0 Å². The third-order valence-corrected chi connectivity index (χ3v) is 2.76. The van der Waals surface area contributed by atoms with E-state index >= 15 is 0 Å². The Kier molecular flexibility index (Phi) is 3.33. The molecule has 0 fully saturated rings. The highest BCUT2D eigenvalue weighted by Gasteiger charge is 2.05. The lowest BCUT2D eigenvalue weighted by molar-refractivity contribution is 0.771. The summed E-state index contributed by atoms with van der Waals surface area (Å²) in [7, 11) is 0. The summed E-state index contributed by atoms with van der Waals surface area (Å²) < 4.78 is 0. The molecule has 64 valence electrons. The molecule has 1 aromatic heterocycles. The molecule has 1 nitrogen and oxygen atoms in total. The van der Waals surface area contributed by atoms with E-state index in [0.29, 0.717) is 0 Å². The number of thiophene rings is 1. The number of hydrogen-bond donors (Lipinski definition) is 1. The fraction of sp³-hybridized carbons (Fsp3) is 0.400. The van der Waals surface area contributed by atoms with Gasteiger partial charge in [-0.25, -0.2) is 0 Å². The zero-order chi connectivity index (χ0) is 8.97. The van der Waals surface area contributed by atoms with Crippen LogP contribution in [0.1, 0.15) is 29.1 Å². The van der Waals surface area contributed by atoms with Crippen molar-refractivity contribution in [3.8, 4) is 11.8 Å². The zero-order valence-electron chi connectivity index (χ0n) is 7.42. The van der Waals surface area contributed by atoms with Crippen molar-refractivity contribution in [3.63, 3.8) is 0 Å². The third-order valence-electron chi connectivity index (χ3n) is 1.63. The van der Waals surface area contributed by atoms with E-state index in [4.69, 9.17) is 5.73 Å². The Morgan fingerprint density at radius 1 is 1.58 bits per heavy atom. The van der Waals surface area contributed by atoms with Crippen LogP contribution in [0.25, 0.3) is 0 Å². The molecular formula is C10H13NS. The topological polar surface area (TPSA) is 26.0 Å². The first-order valence-electron chi connectivity index (χ1n) is 3.95. The summed E-state index contributed by atoms with van der Waals surface area (Å²) in [5, 5.41) is 0. The Morgan fingerprint density at radius 3 is 2.83 bits per heavy atom. The van der Waals surface area contributed by atoms with Gasteiger partial charge in [-0.3, -0.25) is 0 Å². The summed E-state index contributed by atoms with van der Waals surface area (Å²) in [6.45, 7) is 3.93.